The van der Waals surface area contributed by atoms with Gasteiger partial charge in [-0.3, -0.25) is 9.59 Å². The Morgan fingerprint density at radius 3 is 2.53 bits per heavy atom. The molecule has 0 radical (unpaired) electrons. The van der Waals surface area contributed by atoms with Crippen LogP contribution in [0.3, 0.4) is 0 Å². The summed E-state index contributed by atoms with van der Waals surface area (Å²) in [7, 11) is 2.03. The second-order valence-electron chi connectivity index (χ2n) is 9.20. The summed E-state index contributed by atoms with van der Waals surface area (Å²) in [6, 6.07) is 15.2. The van der Waals surface area contributed by atoms with E-state index in [-0.39, 0.29) is 23.8 Å². The van der Waals surface area contributed by atoms with Crippen molar-refractivity contribution in [2.24, 2.45) is 13.0 Å². The number of unbranched alkanes of at least 4 members (excludes halogenated alkanes) is 1. The zero-order chi connectivity index (χ0) is 22.8. The number of hydrogen-bond acceptors (Lipinski definition) is 2. The quantitative estimate of drug-likeness (QED) is 0.507. The highest BCUT2D eigenvalue weighted by atomic mass is 16.2. The van der Waals surface area contributed by atoms with Crippen molar-refractivity contribution in [3.8, 4) is 0 Å². The number of fused-ring (bicyclic) bond motifs is 2. The van der Waals surface area contributed by atoms with E-state index in [1.54, 1.807) is 0 Å². The summed E-state index contributed by atoms with van der Waals surface area (Å²) in [5.41, 5.74) is 3.85. The van der Waals surface area contributed by atoms with E-state index >= 15 is 0 Å². The Kier molecular flexibility index (Phi) is 6.35. The van der Waals surface area contributed by atoms with E-state index in [1.807, 2.05) is 48.3 Å². The molecule has 5 nitrogen and oxygen atoms in total. The topological polar surface area (TPSA) is 54.3 Å². The zero-order valence-electron chi connectivity index (χ0n) is 19.5. The van der Waals surface area contributed by atoms with Gasteiger partial charge in [-0.05, 0) is 36.5 Å². The Labute approximate surface area is 190 Å². The third-order valence-corrected chi connectivity index (χ3v) is 6.38. The molecule has 32 heavy (non-hydrogen) atoms. The minimum atomic E-state index is -0.518. The molecule has 1 N–H and O–H groups in total. The maximum absolute atomic E-state index is 13.7. The molecular formula is C27H33N3O2. The van der Waals surface area contributed by atoms with Gasteiger partial charge < -0.3 is 14.8 Å². The van der Waals surface area contributed by atoms with E-state index in [1.165, 1.54) is 0 Å². The Morgan fingerprint density at radius 2 is 1.78 bits per heavy atom. The highest BCUT2D eigenvalue weighted by molar-refractivity contribution is 6.03. The van der Waals surface area contributed by atoms with Gasteiger partial charge in [0, 0.05) is 41.8 Å². The monoisotopic (exact) mass is 431 g/mol. The number of amides is 2. The molecule has 5 heteroatoms. The zero-order valence-corrected chi connectivity index (χ0v) is 19.5. The fourth-order valence-corrected chi connectivity index (χ4v) is 4.87. The smallest absolute Gasteiger partial charge is 0.255 e. The van der Waals surface area contributed by atoms with Crippen LogP contribution in [0.25, 0.3) is 10.9 Å². The van der Waals surface area contributed by atoms with Gasteiger partial charge in [0.05, 0.1) is 6.04 Å². The second kappa shape index (κ2) is 9.19. The summed E-state index contributed by atoms with van der Waals surface area (Å²) < 4.78 is 2.10. The number of aromatic nitrogens is 1. The number of para-hydroxylation sites is 1. The molecule has 2 amide bonds. The van der Waals surface area contributed by atoms with E-state index in [2.05, 4.69) is 49.0 Å². The lowest BCUT2D eigenvalue weighted by atomic mass is 9.95. The molecule has 4 rings (SSSR count). The molecule has 1 aliphatic rings. The number of aryl methyl sites for hydroxylation is 1. The van der Waals surface area contributed by atoms with Crippen LogP contribution in [0.5, 0.6) is 0 Å². The van der Waals surface area contributed by atoms with Crippen LogP contribution in [-0.2, 0) is 11.8 Å². The SMILES string of the molecule is CCCCNC(=O)C(CC(C)C)N1C(=O)c2ccccc2C1c1cn(C)c2ccccc12. The predicted molar refractivity (Wildman–Crippen MR) is 129 cm³/mol. The maximum Gasteiger partial charge on any atom is 0.255 e. The van der Waals surface area contributed by atoms with Crippen LogP contribution in [0.4, 0.5) is 0 Å². The first kappa shape index (κ1) is 22.1. The van der Waals surface area contributed by atoms with E-state index in [4.69, 9.17) is 0 Å². The van der Waals surface area contributed by atoms with Gasteiger partial charge >= 0.3 is 0 Å². The number of carbonyl (C=O) groups excluding carboxylic acids is 2. The predicted octanol–water partition coefficient (Wildman–Crippen LogP) is 5.05. The van der Waals surface area contributed by atoms with Crippen molar-refractivity contribution in [3.05, 3.63) is 71.4 Å². The normalized spacial score (nSPS) is 16.6. The molecular weight excluding hydrogens is 398 g/mol. The second-order valence-corrected chi connectivity index (χ2v) is 9.20. The molecule has 1 aromatic heterocycles. The highest BCUT2D eigenvalue weighted by Gasteiger charge is 2.44. The van der Waals surface area contributed by atoms with Gasteiger partial charge in [-0.15, -0.1) is 0 Å². The third kappa shape index (κ3) is 3.92. The van der Waals surface area contributed by atoms with Crippen LogP contribution in [-0.4, -0.2) is 33.9 Å². The van der Waals surface area contributed by atoms with Crippen LogP contribution in [0.15, 0.2) is 54.7 Å². The first-order chi connectivity index (χ1) is 15.4. The number of rotatable bonds is 8. The van der Waals surface area contributed by atoms with Gasteiger partial charge in [0.25, 0.3) is 5.91 Å². The molecule has 2 heterocycles. The van der Waals surface area contributed by atoms with E-state index in [0.29, 0.717) is 18.5 Å². The van der Waals surface area contributed by atoms with Crippen molar-refractivity contribution < 1.29 is 9.59 Å². The van der Waals surface area contributed by atoms with Crippen molar-refractivity contribution in [3.63, 3.8) is 0 Å². The molecule has 0 saturated heterocycles. The number of hydrogen-bond donors (Lipinski definition) is 1. The molecule has 0 spiro atoms. The van der Waals surface area contributed by atoms with Crippen molar-refractivity contribution in [2.75, 3.05) is 6.54 Å². The standard InChI is InChI=1S/C27H33N3O2/c1-5-6-15-28-26(31)24(16-18(2)3)30-25(20-12-7-8-13-21(20)27(30)32)22-17-29(4)23-14-10-9-11-19(22)23/h7-14,17-18,24-25H,5-6,15-16H2,1-4H3,(H,28,31). The van der Waals surface area contributed by atoms with Crippen LogP contribution in [0, 0.1) is 5.92 Å². The Hall–Kier alpha value is -3.08. The van der Waals surface area contributed by atoms with E-state index in [9.17, 15) is 9.59 Å². The Bertz CT molecular complexity index is 1130. The number of nitrogens with one attached hydrogen (secondary N) is 1. The van der Waals surface area contributed by atoms with Crippen molar-refractivity contribution in [2.45, 2.75) is 52.1 Å². The minimum absolute atomic E-state index is 0.0569. The third-order valence-electron chi connectivity index (χ3n) is 6.38. The summed E-state index contributed by atoms with van der Waals surface area (Å²) in [5.74, 6) is 0.162. The van der Waals surface area contributed by atoms with Crippen LogP contribution in [0.1, 0.15) is 67.6 Å². The molecule has 0 bridgehead atoms. The van der Waals surface area contributed by atoms with Crippen LogP contribution in [0.2, 0.25) is 0 Å². The van der Waals surface area contributed by atoms with Crippen molar-refractivity contribution in [1.29, 1.82) is 0 Å². The molecule has 1 aliphatic heterocycles. The molecule has 0 aliphatic carbocycles. The fourth-order valence-electron chi connectivity index (χ4n) is 4.87. The largest absolute Gasteiger partial charge is 0.354 e. The van der Waals surface area contributed by atoms with Gasteiger partial charge in [0.1, 0.15) is 6.04 Å². The molecule has 2 atom stereocenters. The summed E-state index contributed by atoms with van der Waals surface area (Å²) >= 11 is 0. The van der Waals surface area contributed by atoms with Gasteiger partial charge in [0.15, 0.2) is 0 Å². The van der Waals surface area contributed by atoms with E-state index < -0.39 is 6.04 Å². The fraction of sp³-hybridized carbons (Fsp3) is 0.407. The number of benzene rings is 2. The molecule has 3 aromatic rings. The van der Waals surface area contributed by atoms with Crippen molar-refractivity contribution in [1.82, 2.24) is 14.8 Å². The molecule has 0 fully saturated rings. The molecule has 2 aromatic carbocycles. The average Bonchev–Trinajstić information content (AvgIpc) is 3.26. The minimum Gasteiger partial charge on any atom is -0.354 e. The van der Waals surface area contributed by atoms with Gasteiger partial charge in [-0.2, -0.15) is 0 Å². The van der Waals surface area contributed by atoms with Crippen LogP contribution < -0.4 is 5.32 Å². The summed E-state index contributed by atoms with van der Waals surface area (Å²) in [6.45, 7) is 6.95. The Balaban J connectivity index is 1.84. The number of nitrogens with zero attached hydrogens (tertiary/aromatic N) is 2. The lowest BCUT2D eigenvalue weighted by Gasteiger charge is -2.34. The summed E-state index contributed by atoms with van der Waals surface area (Å²) in [4.78, 5) is 28.9. The van der Waals surface area contributed by atoms with E-state index in [0.717, 1.165) is 34.9 Å². The maximum atomic E-state index is 13.7. The first-order valence-electron chi connectivity index (χ1n) is 11.7. The summed E-state index contributed by atoms with van der Waals surface area (Å²) in [5, 5.41) is 4.20. The average molecular weight is 432 g/mol. The van der Waals surface area contributed by atoms with Crippen molar-refractivity contribution >= 4 is 22.7 Å². The van der Waals surface area contributed by atoms with Gasteiger partial charge in [-0.1, -0.05) is 63.6 Å². The van der Waals surface area contributed by atoms with Gasteiger partial charge in [-0.25, -0.2) is 0 Å². The summed E-state index contributed by atoms with van der Waals surface area (Å²) in [6.07, 6.45) is 4.68. The molecule has 0 saturated carbocycles. The number of carbonyl (C=O) groups is 2. The van der Waals surface area contributed by atoms with Crippen LogP contribution >= 0.6 is 0 Å². The highest BCUT2D eigenvalue weighted by Crippen LogP contribution is 2.43. The first-order valence-corrected chi connectivity index (χ1v) is 11.7. The molecule has 168 valence electrons. The Morgan fingerprint density at radius 1 is 1.06 bits per heavy atom. The van der Waals surface area contributed by atoms with Gasteiger partial charge in [0.2, 0.25) is 5.91 Å². The lowest BCUT2D eigenvalue weighted by molar-refractivity contribution is -0.126. The lowest BCUT2D eigenvalue weighted by Crippen LogP contribution is -2.49. The molecule has 2 unspecified atom stereocenters.